The Bertz CT molecular complexity index is 1130. The lowest BCUT2D eigenvalue weighted by atomic mass is 9.81. The Hall–Kier alpha value is -3.87. The molecule has 0 aromatic heterocycles. The van der Waals surface area contributed by atoms with Gasteiger partial charge in [0.1, 0.15) is 17.3 Å². The van der Waals surface area contributed by atoms with Crippen LogP contribution < -0.4 is 14.8 Å². The van der Waals surface area contributed by atoms with Crippen molar-refractivity contribution in [2.24, 2.45) is 0 Å². The van der Waals surface area contributed by atoms with Crippen LogP contribution in [0.3, 0.4) is 0 Å². The maximum Gasteiger partial charge on any atom is 0.339 e. The lowest BCUT2D eigenvalue weighted by Gasteiger charge is -2.32. The van der Waals surface area contributed by atoms with Crippen molar-refractivity contribution in [1.82, 2.24) is 0 Å². The standard InChI is InChI=1S/C24H20FNO5/c1-29-16-11-12-20(30-2)19(13-16)26-23(27)22-21(14-7-9-15(25)10-8-14)17-5-3-4-6-18(17)24(28)31-22/h3-13,21-22H,1-2H3,(H,26,27). The highest BCUT2D eigenvalue weighted by atomic mass is 19.1. The summed E-state index contributed by atoms with van der Waals surface area (Å²) < 4.78 is 29.6. The first-order valence-corrected chi connectivity index (χ1v) is 9.60. The van der Waals surface area contributed by atoms with Gasteiger partial charge < -0.3 is 19.5 Å². The van der Waals surface area contributed by atoms with Crippen LogP contribution in [0.1, 0.15) is 27.4 Å². The molecule has 158 valence electrons. The lowest BCUT2D eigenvalue weighted by Crippen LogP contribution is -2.41. The summed E-state index contributed by atoms with van der Waals surface area (Å²) in [5, 5.41) is 2.77. The van der Waals surface area contributed by atoms with Crippen LogP contribution in [-0.2, 0) is 9.53 Å². The number of hydrogen-bond acceptors (Lipinski definition) is 5. The Morgan fingerprint density at radius 1 is 1.00 bits per heavy atom. The summed E-state index contributed by atoms with van der Waals surface area (Å²) in [6.45, 7) is 0. The lowest BCUT2D eigenvalue weighted by molar-refractivity contribution is -0.125. The van der Waals surface area contributed by atoms with Crippen LogP contribution in [0.25, 0.3) is 0 Å². The van der Waals surface area contributed by atoms with Crippen LogP contribution in [0, 0.1) is 5.82 Å². The molecular weight excluding hydrogens is 401 g/mol. The molecule has 0 radical (unpaired) electrons. The molecule has 0 spiro atoms. The predicted molar refractivity (Wildman–Crippen MR) is 112 cm³/mol. The fourth-order valence-corrected chi connectivity index (χ4v) is 3.71. The van der Waals surface area contributed by atoms with Gasteiger partial charge in [-0.2, -0.15) is 0 Å². The van der Waals surface area contributed by atoms with Gasteiger partial charge in [-0.05, 0) is 41.5 Å². The van der Waals surface area contributed by atoms with Crippen molar-refractivity contribution in [1.29, 1.82) is 0 Å². The summed E-state index contributed by atoms with van der Waals surface area (Å²) in [5.74, 6) is -1.18. The van der Waals surface area contributed by atoms with E-state index in [2.05, 4.69) is 5.32 Å². The van der Waals surface area contributed by atoms with E-state index >= 15 is 0 Å². The van der Waals surface area contributed by atoms with E-state index in [-0.39, 0.29) is 0 Å². The molecule has 31 heavy (non-hydrogen) atoms. The zero-order valence-corrected chi connectivity index (χ0v) is 16.9. The molecule has 7 heteroatoms. The van der Waals surface area contributed by atoms with E-state index < -0.39 is 29.7 Å². The number of carbonyl (C=O) groups excluding carboxylic acids is 2. The third-order valence-electron chi connectivity index (χ3n) is 5.20. The Balaban J connectivity index is 1.74. The van der Waals surface area contributed by atoms with Crippen LogP contribution in [0.4, 0.5) is 10.1 Å². The minimum atomic E-state index is -1.16. The van der Waals surface area contributed by atoms with Gasteiger partial charge in [0.05, 0.1) is 31.4 Å². The first-order valence-electron chi connectivity index (χ1n) is 9.60. The maximum absolute atomic E-state index is 13.5. The van der Waals surface area contributed by atoms with Crippen LogP contribution >= 0.6 is 0 Å². The fraction of sp³-hybridized carbons (Fsp3) is 0.167. The summed E-state index contributed by atoms with van der Waals surface area (Å²) in [6, 6.07) is 17.7. The molecule has 3 aromatic rings. The van der Waals surface area contributed by atoms with Crippen LogP contribution in [0.5, 0.6) is 11.5 Å². The molecule has 1 heterocycles. The molecule has 1 aliphatic rings. The van der Waals surface area contributed by atoms with E-state index in [1.165, 1.54) is 26.4 Å². The van der Waals surface area contributed by atoms with Gasteiger partial charge in [-0.1, -0.05) is 30.3 Å². The largest absolute Gasteiger partial charge is 0.497 e. The van der Waals surface area contributed by atoms with Gasteiger partial charge in [0.2, 0.25) is 0 Å². The topological polar surface area (TPSA) is 73.9 Å². The smallest absolute Gasteiger partial charge is 0.339 e. The summed E-state index contributed by atoms with van der Waals surface area (Å²) >= 11 is 0. The molecule has 0 aliphatic carbocycles. The number of fused-ring (bicyclic) bond motifs is 1. The minimum absolute atomic E-state index is 0.375. The second kappa shape index (κ2) is 8.47. The Morgan fingerprint density at radius 2 is 1.74 bits per heavy atom. The second-order valence-corrected chi connectivity index (χ2v) is 7.00. The fourth-order valence-electron chi connectivity index (χ4n) is 3.71. The number of carbonyl (C=O) groups is 2. The van der Waals surface area contributed by atoms with Gasteiger partial charge in [0, 0.05) is 6.07 Å². The maximum atomic E-state index is 13.5. The van der Waals surface area contributed by atoms with Crippen molar-refractivity contribution in [2.45, 2.75) is 12.0 Å². The first kappa shape index (κ1) is 20.4. The van der Waals surface area contributed by atoms with Gasteiger partial charge in [0.25, 0.3) is 5.91 Å². The number of methoxy groups -OCH3 is 2. The molecule has 6 nitrogen and oxygen atoms in total. The van der Waals surface area contributed by atoms with Gasteiger partial charge in [-0.25, -0.2) is 9.18 Å². The molecule has 0 bridgehead atoms. The summed E-state index contributed by atoms with van der Waals surface area (Å²) in [4.78, 5) is 25.9. The van der Waals surface area contributed by atoms with Crippen molar-refractivity contribution in [2.75, 3.05) is 19.5 Å². The molecule has 3 aromatic carbocycles. The van der Waals surface area contributed by atoms with Gasteiger partial charge in [-0.15, -0.1) is 0 Å². The molecule has 0 saturated heterocycles. The van der Waals surface area contributed by atoms with Crippen LogP contribution in [0.2, 0.25) is 0 Å². The van der Waals surface area contributed by atoms with Gasteiger partial charge in [-0.3, -0.25) is 4.79 Å². The predicted octanol–water partition coefficient (Wildman–Crippen LogP) is 4.15. The Morgan fingerprint density at radius 3 is 2.45 bits per heavy atom. The highest BCUT2D eigenvalue weighted by molar-refractivity contribution is 6.02. The average molecular weight is 421 g/mol. The number of amides is 1. The molecule has 2 unspecified atom stereocenters. The monoisotopic (exact) mass is 421 g/mol. The SMILES string of the molecule is COc1ccc(OC)c(NC(=O)C2OC(=O)c3ccccc3C2c2ccc(F)cc2)c1. The first-order chi connectivity index (χ1) is 15.0. The van der Waals surface area contributed by atoms with E-state index in [1.54, 1.807) is 54.6 Å². The Labute approximate surface area is 178 Å². The Kier molecular flexibility index (Phi) is 5.58. The van der Waals surface area contributed by atoms with E-state index in [0.29, 0.717) is 33.9 Å². The third kappa shape index (κ3) is 3.94. The highest BCUT2D eigenvalue weighted by Crippen LogP contribution is 2.38. The molecule has 0 saturated carbocycles. The van der Waals surface area contributed by atoms with Crippen molar-refractivity contribution in [3.8, 4) is 11.5 Å². The molecule has 1 N–H and O–H groups in total. The van der Waals surface area contributed by atoms with E-state index in [4.69, 9.17) is 14.2 Å². The molecule has 0 fully saturated rings. The van der Waals surface area contributed by atoms with Crippen molar-refractivity contribution < 1.29 is 28.2 Å². The number of halogens is 1. The number of benzene rings is 3. The van der Waals surface area contributed by atoms with E-state index in [0.717, 1.165) is 0 Å². The molecule has 2 atom stereocenters. The van der Waals surface area contributed by atoms with Crippen molar-refractivity contribution in [3.63, 3.8) is 0 Å². The van der Waals surface area contributed by atoms with Gasteiger partial charge >= 0.3 is 5.97 Å². The molecule has 4 rings (SSSR count). The number of ether oxygens (including phenoxy) is 3. The number of nitrogens with one attached hydrogen (secondary N) is 1. The summed E-state index contributed by atoms with van der Waals surface area (Å²) in [5.41, 5.74) is 2.04. The zero-order valence-electron chi connectivity index (χ0n) is 16.9. The number of anilines is 1. The second-order valence-electron chi connectivity index (χ2n) is 7.00. The van der Waals surface area contributed by atoms with Crippen molar-refractivity contribution >= 4 is 17.6 Å². The molecular formula is C24H20FNO5. The van der Waals surface area contributed by atoms with Crippen molar-refractivity contribution in [3.05, 3.63) is 89.2 Å². The van der Waals surface area contributed by atoms with Crippen LogP contribution in [-0.4, -0.2) is 32.2 Å². The van der Waals surface area contributed by atoms with Gasteiger partial charge in [0.15, 0.2) is 6.10 Å². The van der Waals surface area contributed by atoms with E-state index in [9.17, 15) is 14.0 Å². The normalized spacial score (nSPS) is 17.3. The number of hydrogen-bond donors (Lipinski definition) is 1. The summed E-state index contributed by atoms with van der Waals surface area (Å²) in [6.07, 6.45) is -1.16. The number of esters is 1. The summed E-state index contributed by atoms with van der Waals surface area (Å²) in [7, 11) is 2.99. The zero-order chi connectivity index (χ0) is 22.0. The quantitative estimate of drug-likeness (QED) is 0.627. The van der Waals surface area contributed by atoms with E-state index in [1.807, 2.05) is 0 Å². The highest BCUT2D eigenvalue weighted by Gasteiger charge is 2.41. The molecule has 1 amide bonds. The number of rotatable bonds is 5. The third-order valence-corrected chi connectivity index (χ3v) is 5.20. The molecule has 1 aliphatic heterocycles. The van der Waals surface area contributed by atoms with Crippen LogP contribution in [0.15, 0.2) is 66.7 Å². The minimum Gasteiger partial charge on any atom is -0.497 e. The number of cyclic esters (lactones) is 1. The average Bonchev–Trinajstić information content (AvgIpc) is 2.79.